The number of hydrogen-bond donors (Lipinski definition) is 0. The Kier molecular flexibility index (Phi) is 2.53. The number of halogens is 1. The molecule has 1 aliphatic rings. The molecular formula is C7H13BrO. The quantitative estimate of drug-likeness (QED) is 0.494. The van der Waals surface area contributed by atoms with Gasteiger partial charge >= 0.3 is 0 Å². The molecule has 0 amide bonds. The smallest absolute Gasteiger partial charge is 0.0937 e. The summed E-state index contributed by atoms with van der Waals surface area (Å²) in [6.07, 6.45) is 1.75. The van der Waals surface area contributed by atoms with Gasteiger partial charge in [-0.1, -0.05) is 36.2 Å². The van der Waals surface area contributed by atoms with Crippen LogP contribution in [0.15, 0.2) is 0 Å². The monoisotopic (exact) mass is 192 g/mol. The van der Waals surface area contributed by atoms with Crippen LogP contribution in [0.1, 0.15) is 20.3 Å². The first-order valence-corrected chi connectivity index (χ1v) is 4.43. The van der Waals surface area contributed by atoms with E-state index in [1.807, 2.05) is 0 Å². The Labute approximate surface area is 64.9 Å². The summed E-state index contributed by atoms with van der Waals surface area (Å²) < 4.78 is 5.15. The lowest BCUT2D eigenvalue weighted by Crippen LogP contribution is -2.16. The van der Waals surface area contributed by atoms with Crippen molar-refractivity contribution in [1.82, 2.24) is 0 Å². The van der Waals surface area contributed by atoms with Crippen LogP contribution in [0.25, 0.3) is 0 Å². The lowest BCUT2D eigenvalue weighted by Gasteiger charge is -2.12. The van der Waals surface area contributed by atoms with Crippen molar-refractivity contribution in [2.24, 2.45) is 5.92 Å². The van der Waals surface area contributed by atoms with Gasteiger partial charge in [-0.05, 0) is 5.92 Å². The van der Waals surface area contributed by atoms with Crippen molar-refractivity contribution in [3.63, 3.8) is 0 Å². The Morgan fingerprint density at radius 2 is 2.33 bits per heavy atom. The summed E-state index contributed by atoms with van der Waals surface area (Å²) in [5.41, 5.74) is 0. The van der Waals surface area contributed by atoms with Gasteiger partial charge in [0.2, 0.25) is 0 Å². The molecule has 0 radical (unpaired) electrons. The minimum atomic E-state index is 0.514. The van der Waals surface area contributed by atoms with E-state index in [2.05, 4.69) is 29.8 Å². The molecule has 0 bridgehead atoms. The molecule has 0 saturated carbocycles. The molecule has 1 aliphatic heterocycles. The van der Waals surface area contributed by atoms with Crippen molar-refractivity contribution >= 4 is 15.9 Å². The van der Waals surface area contributed by atoms with Crippen molar-refractivity contribution in [2.75, 3.05) is 6.61 Å². The normalized spacial score (nSPS) is 31.7. The van der Waals surface area contributed by atoms with Crippen molar-refractivity contribution < 1.29 is 4.74 Å². The van der Waals surface area contributed by atoms with Crippen molar-refractivity contribution in [2.45, 2.75) is 31.2 Å². The lowest BCUT2D eigenvalue weighted by molar-refractivity contribution is 0.370. The number of alkyl halides is 1. The molecule has 3 atom stereocenters. The van der Waals surface area contributed by atoms with Crippen LogP contribution < -0.4 is 0 Å². The Bertz CT molecular complexity index is 90.9. The Balaban J connectivity index is 2.22. The second-order valence-electron chi connectivity index (χ2n) is 2.70. The van der Waals surface area contributed by atoms with Gasteiger partial charge in [-0.25, -0.2) is 0 Å². The fourth-order valence-corrected chi connectivity index (χ4v) is 1.51. The zero-order chi connectivity index (χ0) is 6.85. The van der Waals surface area contributed by atoms with Crippen LogP contribution >= 0.6 is 15.9 Å². The Morgan fingerprint density at radius 1 is 1.78 bits per heavy atom. The average molecular weight is 193 g/mol. The third kappa shape index (κ3) is 1.94. The first kappa shape index (κ1) is 7.55. The van der Waals surface area contributed by atoms with Gasteiger partial charge in [0.15, 0.2) is 0 Å². The molecule has 1 fully saturated rings. The SMILES string of the molecule is CCC(C)C(Br)C1CO1. The van der Waals surface area contributed by atoms with Crippen molar-refractivity contribution in [3.05, 3.63) is 0 Å². The standard InChI is InChI=1S/C7H13BrO/c1-3-5(2)7(8)6-4-9-6/h5-7H,3-4H2,1-2H3. The summed E-state index contributed by atoms with van der Waals surface area (Å²) in [5.74, 6) is 0.748. The van der Waals surface area contributed by atoms with E-state index < -0.39 is 0 Å². The first-order valence-electron chi connectivity index (χ1n) is 3.51. The molecular weight excluding hydrogens is 180 g/mol. The second-order valence-corrected chi connectivity index (χ2v) is 3.76. The van der Waals surface area contributed by atoms with Crippen LogP contribution in [0.5, 0.6) is 0 Å². The number of rotatable bonds is 3. The van der Waals surface area contributed by atoms with Crippen LogP contribution in [-0.4, -0.2) is 17.5 Å². The molecule has 1 rings (SSSR count). The largest absolute Gasteiger partial charge is 0.372 e. The molecule has 9 heavy (non-hydrogen) atoms. The fraction of sp³-hybridized carbons (Fsp3) is 1.00. The van der Waals surface area contributed by atoms with Crippen molar-refractivity contribution in [1.29, 1.82) is 0 Å². The molecule has 1 nitrogen and oxygen atoms in total. The highest BCUT2D eigenvalue weighted by Crippen LogP contribution is 2.28. The van der Waals surface area contributed by atoms with E-state index in [1.165, 1.54) is 6.42 Å². The molecule has 0 aromatic rings. The maximum absolute atomic E-state index is 5.15. The summed E-state index contributed by atoms with van der Waals surface area (Å²) in [5, 5.41) is 0. The molecule has 0 aliphatic carbocycles. The summed E-state index contributed by atoms with van der Waals surface area (Å²) in [6.45, 7) is 5.42. The van der Waals surface area contributed by atoms with E-state index in [1.54, 1.807) is 0 Å². The van der Waals surface area contributed by atoms with Crippen molar-refractivity contribution in [3.8, 4) is 0 Å². The molecule has 2 heteroatoms. The van der Waals surface area contributed by atoms with E-state index >= 15 is 0 Å². The number of hydrogen-bond acceptors (Lipinski definition) is 1. The minimum absolute atomic E-state index is 0.514. The van der Waals surface area contributed by atoms with Gasteiger partial charge in [0.25, 0.3) is 0 Å². The third-order valence-corrected chi connectivity index (χ3v) is 3.39. The van der Waals surface area contributed by atoms with Crippen LogP contribution in [0, 0.1) is 5.92 Å². The number of ether oxygens (including phenoxy) is 1. The summed E-state index contributed by atoms with van der Waals surface area (Å²) >= 11 is 3.61. The highest BCUT2D eigenvalue weighted by molar-refractivity contribution is 9.09. The Morgan fingerprint density at radius 3 is 2.67 bits per heavy atom. The van der Waals surface area contributed by atoms with Gasteiger partial charge in [0.05, 0.1) is 12.7 Å². The molecule has 0 spiro atoms. The highest BCUT2D eigenvalue weighted by Gasteiger charge is 2.33. The van der Waals surface area contributed by atoms with Crippen LogP contribution in [0.4, 0.5) is 0 Å². The van der Waals surface area contributed by atoms with E-state index in [4.69, 9.17) is 4.74 Å². The predicted molar refractivity (Wildman–Crippen MR) is 41.9 cm³/mol. The fourth-order valence-electron chi connectivity index (χ4n) is 0.831. The predicted octanol–water partition coefficient (Wildman–Crippen LogP) is 2.19. The van der Waals surface area contributed by atoms with E-state index in [0.29, 0.717) is 10.9 Å². The minimum Gasteiger partial charge on any atom is -0.372 e. The molecule has 0 N–H and O–H groups in total. The van der Waals surface area contributed by atoms with Gasteiger partial charge in [0, 0.05) is 4.83 Å². The topological polar surface area (TPSA) is 12.5 Å². The lowest BCUT2D eigenvalue weighted by atomic mass is 10.0. The molecule has 3 unspecified atom stereocenters. The van der Waals surface area contributed by atoms with Gasteiger partial charge in [-0.3, -0.25) is 0 Å². The maximum atomic E-state index is 5.15. The highest BCUT2D eigenvalue weighted by atomic mass is 79.9. The third-order valence-electron chi connectivity index (χ3n) is 1.90. The average Bonchev–Trinajstić information content (AvgIpc) is 2.66. The van der Waals surface area contributed by atoms with E-state index in [9.17, 15) is 0 Å². The van der Waals surface area contributed by atoms with Gasteiger partial charge in [-0.15, -0.1) is 0 Å². The summed E-state index contributed by atoms with van der Waals surface area (Å²) in [6, 6.07) is 0. The maximum Gasteiger partial charge on any atom is 0.0937 e. The van der Waals surface area contributed by atoms with Gasteiger partial charge < -0.3 is 4.74 Å². The summed E-state index contributed by atoms with van der Waals surface area (Å²) in [7, 11) is 0. The van der Waals surface area contributed by atoms with E-state index in [0.717, 1.165) is 12.5 Å². The second kappa shape index (κ2) is 3.02. The summed E-state index contributed by atoms with van der Waals surface area (Å²) in [4.78, 5) is 0.586. The molecule has 0 aromatic carbocycles. The molecule has 54 valence electrons. The van der Waals surface area contributed by atoms with Crippen LogP contribution in [-0.2, 0) is 4.74 Å². The Hall–Kier alpha value is 0.440. The molecule has 1 heterocycles. The van der Waals surface area contributed by atoms with Crippen LogP contribution in [0.2, 0.25) is 0 Å². The van der Waals surface area contributed by atoms with Gasteiger partial charge in [0.1, 0.15) is 0 Å². The van der Waals surface area contributed by atoms with E-state index in [-0.39, 0.29) is 0 Å². The number of epoxide rings is 1. The molecule has 0 aromatic heterocycles. The molecule has 1 saturated heterocycles. The first-order chi connectivity index (χ1) is 4.25. The zero-order valence-corrected chi connectivity index (χ0v) is 7.52. The van der Waals surface area contributed by atoms with Gasteiger partial charge in [-0.2, -0.15) is 0 Å². The zero-order valence-electron chi connectivity index (χ0n) is 5.93. The van der Waals surface area contributed by atoms with Crippen LogP contribution in [0.3, 0.4) is 0 Å².